The monoisotopic (exact) mass is 299 g/mol. The summed E-state index contributed by atoms with van der Waals surface area (Å²) in [7, 11) is 0. The van der Waals surface area contributed by atoms with Crippen LogP contribution in [0.5, 0.6) is 0 Å². The van der Waals surface area contributed by atoms with Crippen molar-refractivity contribution in [3.05, 3.63) is 64.8 Å². The van der Waals surface area contributed by atoms with Crippen LogP contribution in [0.2, 0.25) is 0 Å². The molecule has 0 amide bonds. The van der Waals surface area contributed by atoms with Crippen molar-refractivity contribution in [2.75, 3.05) is 0 Å². The lowest BCUT2D eigenvalue weighted by Crippen LogP contribution is -2.30. The van der Waals surface area contributed by atoms with Crippen LogP contribution in [0, 0.1) is 19.8 Å². The van der Waals surface area contributed by atoms with E-state index in [4.69, 9.17) is 4.98 Å². The summed E-state index contributed by atoms with van der Waals surface area (Å²) in [6, 6.07) is 13.8. The fourth-order valence-electron chi connectivity index (χ4n) is 4.65. The lowest BCUT2D eigenvalue weighted by atomic mass is 9.62. The van der Waals surface area contributed by atoms with E-state index in [1.807, 2.05) is 6.20 Å². The predicted octanol–water partition coefficient (Wildman–Crippen LogP) is 5.57. The van der Waals surface area contributed by atoms with Gasteiger partial charge in [0.15, 0.2) is 0 Å². The Labute approximate surface area is 137 Å². The van der Waals surface area contributed by atoms with E-state index >= 15 is 0 Å². The number of benzene rings is 2. The van der Waals surface area contributed by atoms with Gasteiger partial charge in [-0.3, -0.25) is 4.98 Å². The van der Waals surface area contributed by atoms with Gasteiger partial charge >= 0.3 is 0 Å². The Morgan fingerprint density at radius 1 is 0.957 bits per heavy atom. The maximum atomic E-state index is 4.74. The molecule has 2 bridgehead atoms. The second kappa shape index (κ2) is 4.67. The van der Waals surface area contributed by atoms with Crippen LogP contribution < -0.4 is 0 Å². The molecule has 0 unspecified atom stereocenters. The van der Waals surface area contributed by atoms with Gasteiger partial charge in [-0.25, -0.2) is 0 Å². The molecule has 1 nitrogen and oxygen atoms in total. The van der Waals surface area contributed by atoms with Crippen LogP contribution >= 0.6 is 0 Å². The summed E-state index contributed by atoms with van der Waals surface area (Å²) in [5, 5.41) is 2.66. The Morgan fingerprint density at radius 3 is 2.52 bits per heavy atom. The SMILES string of the molecule is Cc1cc(C)cc(-c2nccc3cc4c(cc23)CC2CC4C2)c1. The van der Waals surface area contributed by atoms with Gasteiger partial charge in [0.1, 0.15) is 0 Å². The van der Waals surface area contributed by atoms with Gasteiger partial charge in [0, 0.05) is 17.1 Å². The molecule has 0 radical (unpaired) electrons. The maximum Gasteiger partial charge on any atom is 0.0780 e. The molecule has 114 valence electrons. The molecule has 0 saturated heterocycles. The molecule has 0 aliphatic heterocycles. The van der Waals surface area contributed by atoms with E-state index in [1.165, 1.54) is 46.7 Å². The fraction of sp³-hybridized carbons (Fsp3) is 0.318. The number of aryl methyl sites for hydroxylation is 2. The van der Waals surface area contributed by atoms with Crippen LogP contribution in [-0.4, -0.2) is 4.98 Å². The largest absolute Gasteiger partial charge is 0.256 e. The van der Waals surface area contributed by atoms with Gasteiger partial charge in [-0.05, 0) is 85.7 Å². The topological polar surface area (TPSA) is 12.9 Å². The van der Waals surface area contributed by atoms with Crippen molar-refractivity contribution in [2.24, 2.45) is 5.92 Å². The zero-order valence-electron chi connectivity index (χ0n) is 13.8. The van der Waals surface area contributed by atoms with Crippen molar-refractivity contribution in [3.63, 3.8) is 0 Å². The summed E-state index contributed by atoms with van der Waals surface area (Å²) < 4.78 is 0. The van der Waals surface area contributed by atoms with Gasteiger partial charge in [0.05, 0.1) is 5.69 Å². The predicted molar refractivity (Wildman–Crippen MR) is 95.8 cm³/mol. The highest BCUT2D eigenvalue weighted by Gasteiger charge is 2.37. The van der Waals surface area contributed by atoms with Crippen molar-refractivity contribution >= 4 is 10.8 Å². The van der Waals surface area contributed by atoms with Crippen molar-refractivity contribution in [3.8, 4) is 11.3 Å². The molecule has 1 heteroatoms. The second-order valence-corrected chi connectivity index (χ2v) is 7.55. The quantitative estimate of drug-likeness (QED) is 0.572. The summed E-state index contributed by atoms with van der Waals surface area (Å²) in [5.74, 6) is 1.76. The minimum absolute atomic E-state index is 0.825. The van der Waals surface area contributed by atoms with Crippen molar-refractivity contribution in [1.29, 1.82) is 0 Å². The molecule has 2 aromatic carbocycles. The Balaban J connectivity index is 1.76. The Morgan fingerprint density at radius 2 is 1.74 bits per heavy atom. The van der Waals surface area contributed by atoms with E-state index < -0.39 is 0 Å². The van der Waals surface area contributed by atoms with Gasteiger partial charge in [0.2, 0.25) is 0 Å². The molecule has 6 rings (SSSR count). The smallest absolute Gasteiger partial charge is 0.0780 e. The first kappa shape index (κ1) is 13.3. The minimum Gasteiger partial charge on any atom is -0.256 e. The van der Waals surface area contributed by atoms with Crippen LogP contribution in [-0.2, 0) is 6.42 Å². The molecule has 3 aliphatic carbocycles. The van der Waals surface area contributed by atoms with Crippen LogP contribution in [0.25, 0.3) is 22.0 Å². The highest BCUT2D eigenvalue weighted by Crippen LogP contribution is 2.50. The third kappa shape index (κ3) is 2.03. The zero-order valence-corrected chi connectivity index (χ0v) is 13.8. The molecular weight excluding hydrogens is 278 g/mol. The number of nitrogens with zero attached hydrogens (tertiary/aromatic N) is 1. The minimum atomic E-state index is 0.825. The van der Waals surface area contributed by atoms with E-state index in [0.717, 1.165) is 17.5 Å². The molecule has 1 heterocycles. The number of aromatic nitrogens is 1. The van der Waals surface area contributed by atoms with E-state index in [9.17, 15) is 0 Å². The Hall–Kier alpha value is -2.15. The molecule has 0 N–H and O–H groups in total. The highest BCUT2D eigenvalue weighted by atomic mass is 14.7. The van der Waals surface area contributed by atoms with Gasteiger partial charge in [0.25, 0.3) is 0 Å². The van der Waals surface area contributed by atoms with E-state index in [0.29, 0.717) is 0 Å². The molecule has 3 aliphatic rings. The van der Waals surface area contributed by atoms with Gasteiger partial charge < -0.3 is 0 Å². The maximum absolute atomic E-state index is 4.74. The first-order valence-electron chi connectivity index (χ1n) is 8.67. The Kier molecular flexibility index (Phi) is 2.70. The molecule has 0 atom stereocenters. The zero-order chi connectivity index (χ0) is 15.6. The van der Waals surface area contributed by atoms with E-state index in [1.54, 1.807) is 11.1 Å². The molecule has 23 heavy (non-hydrogen) atoms. The number of hydrogen-bond donors (Lipinski definition) is 0. The second-order valence-electron chi connectivity index (χ2n) is 7.55. The third-order valence-electron chi connectivity index (χ3n) is 5.70. The standard InChI is InChI=1S/C22H21N/c1-13-5-14(2)7-19(6-13)22-21-12-18-10-15-8-17(9-15)20(18)11-16(21)3-4-23-22/h3-7,11-12,15,17H,8-10H2,1-2H3. The van der Waals surface area contributed by atoms with Crippen molar-refractivity contribution < 1.29 is 0 Å². The van der Waals surface area contributed by atoms with Crippen molar-refractivity contribution in [1.82, 2.24) is 4.98 Å². The van der Waals surface area contributed by atoms with Gasteiger partial charge in [-0.15, -0.1) is 0 Å². The van der Waals surface area contributed by atoms with Crippen LogP contribution in [0.3, 0.4) is 0 Å². The van der Waals surface area contributed by atoms with Crippen molar-refractivity contribution in [2.45, 2.75) is 39.0 Å². The van der Waals surface area contributed by atoms with E-state index in [-0.39, 0.29) is 0 Å². The summed E-state index contributed by atoms with van der Waals surface area (Å²) in [4.78, 5) is 4.74. The number of rotatable bonds is 1. The molecule has 3 aromatic rings. The molecule has 1 saturated carbocycles. The number of hydrogen-bond acceptors (Lipinski definition) is 1. The lowest BCUT2D eigenvalue weighted by molar-refractivity contribution is 0.238. The van der Waals surface area contributed by atoms with E-state index in [2.05, 4.69) is 50.2 Å². The first-order chi connectivity index (χ1) is 11.2. The van der Waals surface area contributed by atoms with Crippen LogP contribution in [0.4, 0.5) is 0 Å². The average Bonchev–Trinajstić information content (AvgIpc) is 2.49. The summed E-state index contributed by atoms with van der Waals surface area (Å²) in [6.07, 6.45) is 6.05. The fourth-order valence-corrected chi connectivity index (χ4v) is 4.65. The molecule has 0 spiro atoms. The van der Waals surface area contributed by atoms with Crippen LogP contribution in [0.1, 0.15) is 41.0 Å². The molecule has 1 aromatic heterocycles. The molecule has 1 fully saturated rings. The number of pyridine rings is 1. The summed E-state index contributed by atoms with van der Waals surface area (Å²) in [5.41, 5.74) is 8.17. The number of fused-ring (bicyclic) bond motifs is 1. The Bertz CT molecular complexity index is 912. The lowest BCUT2D eigenvalue weighted by Gasteiger charge is -2.42. The first-order valence-corrected chi connectivity index (χ1v) is 8.67. The van der Waals surface area contributed by atoms with Crippen LogP contribution in [0.15, 0.2) is 42.6 Å². The normalized spacial score (nSPS) is 21.8. The highest BCUT2D eigenvalue weighted by molar-refractivity contribution is 5.95. The molecular formula is C22H21N. The summed E-state index contributed by atoms with van der Waals surface area (Å²) in [6.45, 7) is 4.33. The summed E-state index contributed by atoms with van der Waals surface area (Å²) >= 11 is 0. The van der Waals surface area contributed by atoms with Gasteiger partial charge in [-0.1, -0.05) is 23.3 Å². The third-order valence-corrected chi connectivity index (χ3v) is 5.70. The van der Waals surface area contributed by atoms with Gasteiger partial charge in [-0.2, -0.15) is 0 Å². The average molecular weight is 299 g/mol.